The summed E-state index contributed by atoms with van der Waals surface area (Å²) in [5.41, 5.74) is 0. The van der Waals surface area contributed by atoms with Crippen LogP contribution in [0.1, 0.15) is 19.3 Å². The first kappa shape index (κ1) is 8.28. The predicted molar refractivity (Wildman–Crippen MR) is 46.5 cm³/mol. The highest BCUT2D eigenvalue weighted by Gasteiger charge is 2.18. The van der Waals surface area contributed by atoms with Crippen molar-refractivity contribution in [2.45, 2.75) is 31.5 Å². The molecule has 1 fully saturated rings. The first-order valence-corrected chi connectivity index (χ1v) is 4.83. The molecule has 0 N–H and O–H groups in total. The minimum atomic E-state index is 0.302. The van der Waals surface area contributed by atoms with Crippen LogP contribution < -0.4 is 0 Å². The van der Waals surface area contributed by atoms with Crippen molar-refractivity contribution in [1.82, 2.24) is 0 Å². The lowest BCUT2D eigenvalue weighted by Gasteiger charge is -2.26. The maximum absolute atomic E-state index is 5.62. The Kier molecular flexibility index (Phi) is 3.43. The smallest absolute Gasteiger partial charge is 0.0757 e. The van der Waals surface area contributed by atoms with Crippen molar-refractivity contribution in [3.8, 4) is 0 Å². The Morgan fingerprint density at radius 2 is 2.40 bits per heavy atom. The summed E-state index contributed by atoms with van der Waals surface area (Å²) in [6, 6.07) is 0. The Labute approximate surface area is 70.6 Å². The summed E-state index contributed by atoms with van der Waals surface area (Å²) in [7, 11) is 0. The lowest BCUT2D eigenvalue weighted by molar-refractivity contribution is -0.0105. The minimum absolute atomic E-state index is 0.302. The first-order valence-electron chi connectivity index (χ1n) is 3.70. The van der Waals surface area contributed by atoms with Crippen LogP contribution >= 0.6 is 15.9 Å². The van der Waals surface area contributed by atoms with Crippen LogP contribution in [0, 0.1) is 0 Å². The molecule has 0 aromatic rings. The van der Waals surface area contributed by atoms with E-state index in [1.54, 1.807) is 0 Å². The number of ether oxygens (including phenoxy) is 1. The van der Waals surface area contributed by atoms with Gasteiger partial charge in [0.1, 0.15) is 0 Å². The van der Waals surface area contributed by atoms with Crippen LogP contribution in [0.5, 0.6) is 0 Å². The summed E-state index contributed by atoms with van der Waals surface area (Å²) >= 11 is 3.41. The number of alkyl halides is 1. The van der Waals surface area contributed by atoms with Crippen molar-refractivity contribution in [2.75, 3.05) is 5.33 Å². The summed E-state index contributed by atoms with van der Waals surface area (Å²) in [6.07, 6.45) is 6.22. The zero-order valence-corrected chi connectivity index (χ0v) is 7.64. The molecule has 1 aliphatic heterocycles. The van der Waals surface area contributed by atoms with Gasteiger partial charge in [-0.2, -0.15) is 0 Å². The van der Waals surface area contributed by atoms with E-state index in [4.69, 9.17) is 4.74 Å². The molecular formula is C8H13BrO. The minimum Gasteiger partial charge on any atom is -0.370 e. The normalized spacial score (nSPS) is 33.7. The molecule has 2 atom stereocenters. The van der Waals surface area contributed by atoms with Gasteiger partial charge in [-0.3, -0.25) is 0 Å². The summed E-state index contributed by atoms with van der Waals surface area (Å²) in [5.74, 6) is 0. The Bertz CT molecular complexity index is 114. The van der Waals surface area contributed by atoms with Crippen molar-refractivity contribution in [3.63, 3.8) is 0 Å². The van der Waals surface area contributed by atoms with E-state index < -0.39 is 0 Å². The molecule has 1 aliphatic rings. The van der Waals surface area contributed by atoms with E-state index in [0.717, 1.165) is 11.8 Å². The zero-order chi connectivity index (χ0) is 7.40. The standard InChI is InChI=1S/C8H13BrO/c1-2-7-4-3-5-8(6-9)10-7/h2,7-8H,1,3-6H2/t7-,8-/m0/s1. The zero-order valence-electron chi connectivity index (χ0n) is 6.05. The van der Waals surface area contributed by atoms with Crippen molar-refractivity contribution in [1.29, 1.82) is 0 Å². The van der Waals surface area contributed by atoms with E-state index in [-0.39, 0.29) is 0 Å². The van der Waals surface area contributed by atoms with Crippen molar-refractivity contribution >= 4 is 15.9 Å². The molecule has 1 heterocycles. The third kappa shape index (κ3) is 2.10. The SMILES string of the molecule is C=C[C@H]1CCC[C@@H](CBr)O1. The maximum Gasteiger partial charge on any atom is 0.0757 e. The van der Waals surface area contributed by atoms with Crippen LogP contribution in [0.25, 0.3) is 0 Å². The van der Waals surface area contributed by atoms with Crippen LogP contribution in [0.2, 0.25) is 0 Å². The lowest BCUT2D eigenvalue weighted by Crippen LogP contribution is -2.26. The summed E-state index contributed by atoms with van der Waals surface area (Å²) in [4.78, 5) is 0. The molecule has 0 amide bonds. The van der Waals surface area contributed by atoms with Crippen LogP contribution in [-0.2, 0) is 4.74 Å². The fraction of sp³-hybridized carbons (Fsp3) is 0.750. The van der Waals surface area contributed by atoms with Crippen molar-refractivity contribution in [3.05, 3.63) is 12.7 Å². The fourth-order valence-corrected chi connectivity index (χ4v) is 1.69. The van der Waals surface area contributed by atoms with E-state index in [9.17, 15) is 0 Å². The second-order valence-electron chi connectivity index (χ2n) is 2.62. The molecule has 0 spiro atoms. The number of hydrogen-bond donors (Lipinski definition) is 0. The predicted octanol–water partition coefficient (Wildman–Crippen LogP) is 2.51. The lowest BCUT2D eigenvalue weighted by atomic mass is 10.1. The molecule has 1 saturated heterocycles. The van der Waals surface area contributed by atoms with E-state index >= 15 is 0 Å². The van der Waals surface area contributed by atoms with Gasteiger partial charge < -0.3 is 4.74 Å². The van der Waals surface area contributed by atoms with Gasteiger partial charge >= 0.3 is 0 Å². The summed E-state index contributed by atoms with van der Waals surface area (Å²) in [6.45, 7) is 3.71. The highest BCUT2D eigenvalue weighted by molar-refractivity contribution is 9.09. The molecule has 10 heavy (non-hydrogen) atoms. The van der Waals surface area contributed by atoms with Gasteiger partial charge in [0.25, 0.3) is 0 Å². The average molecular weight is 205 g/mol. The van der Waals surface area contributed by atoms with Gasteiger partial charge in [-0.1, -0.05) is 22.0 Å². The van der Waals surface area contributed by atoms with E-state index in [1.165, 1.54) is 12.8 Å². The van der Waals surface area contributed by atoms with Crippen molar-refractivity contribution < 1.29 is 4.74 Å². The quantitative estimate of drug-likeness (QED) is 0.497. The molecule has 0 unspecified atom stereocenters. The van der Waals surface area contributed by atoms with Crippen LogP contribution in [0.4, 0.5) is 0 Å². The monoisotopic (exact) mass is 204 g/mol. The molecule has 58 valence electrons. The molecule has 0 aliphatic carbocycles. The average Bonchev–Trinajstić information content (AvgIpc) is 2.05. The van der Waals surface area contributed by atoms with Crippen LogP contribution in [0.3, 0.4) is 0 Å². The molecule has 1 nitrogen and oxygen atoms in total. The second-order valence-corrected chi connectivity index (χ2v) is 3.26. The second kappa shape index (κ2) is 4.14. The molecule has 2 heteroatoms. The number of hydrogen-bond acceptors (Lipinski definition) is 1. The highest BCUT2D eigenvalue weighted by Crippen LogP contribution is 2.20. The van der Waals surface area contributed by atoms with Crippen molar-refractivity contribution in [2.24, 2.45) is 0 Å². The van der Waals surface area contributed by atoms with Gasteiger partial charge in [0.05, 0.1) is 12.2 Å². The Morgan fingerprint density at radius 1 is 1.60 bits per heavy atom. The van der Waals surface area contributed by atoms with E-state index in [1.807, 2.05) is 6.08 Å². The third-order valence-corrected chi connectivity index (χ3v) is 2.54. The number of rotatable bonds is 2. The van der Waals surface area contributed by atoms with Gasteiger partial charge in [0.15, 0.2) is 0 Å². The van der Waals surface area contributed by atoms with Gasteiger partial charge in [0.2, 0.25) is 0 Å². The largest absolute Gasteiger partial charge is 0.370 e. The van der Waals surface area contributed by atoms with Gasteiger partial charge in [-0.05, 0) is 19.3 Å². The Balaban J connectivity index is 2.31. The van der Waals surface area contributed by atoms with Gasteiger partial charge in [-0.25, -0.2) is 0 Å². The molecule has 0 bridgehead atoms. The highest BCUT2D eigenvalue weighted by atomic mass is 79.9. The molecular weight excluding hydrogens is 192 g/mol. The third-order valence-electron chi connectivity index (χ3n) is 1.82. The first-order chi connectivity index (χ1) is 4.86. The topological polar surface area (TPSA) is 9.23 Å². The fourth-order valence-electron chi connectivity index (χ4n) is 1.22. The van der Waals surface area contributed by atoms with Crippen LogP contribution in [-0.4, -0.2) is 17.5 Å². The molecule has 0 aromatic carbocycles. The van der Waals surface area contributed by atoms with Crippen LogP contribution in [0.15, 0.2) is 12.7 Å². The molecule has 0 radical (unpaired) electrons. The van der Waals surface area contributed by atoms with Gasteiger partial charge in [-0.15, -0.1) is 6.58 Å². The Hall–Kier alpha value is 0.180. The van der Waals surface area contributed by atoms with Gasteiger partial charge in [0, 0.05) is 5.33 Å². The molecule has 1 rings (SSSR count). The summed E-state index contributed by atoms with van der Waals surface area (Å²) < 4.78 is 5.62. The number of halogens is 1. The Morgan fingerprint density at radius 3 is 3.00 bits per heavy atom. The van der Waals surface area contributed by atoms with E-state index in [0.29, 0.717) is 12.2 Å². The molecule has 0 saturated carbocycles. The van der Waals surface area contributed by atoms with E-state index in [2.05, 4.69) is 22.5 Å². The maximum atomic E-state index is 5.62. The molecule has 0 aromatic heterocycles. The summed E-state index contributed by atoms with van der Waals surface area (Å²) in [5, 5.41) is 0.956.